The summed E-state index contributed by atoms with van der Waals surface area (Å²) in [7, 11) is 0. The Kier molecular flexibility index (Phi) is 2.24. The second kappa shape index (κ2) is 3.55. The summed E-state index contributed by atoms with van der Waals surface area (Å²) in [4.78, 5) is 4.08. The Balaban J connectivity index is 2.39. The molecule has 0 saturated heterocycles. The molecule has 0 aliphatic heterocycles. The van der Waals surface area contributed by atoms with Gasteiger partial charge in [-0.05, 0) is 19.1 Å². The van der Waals surface area contributed by atoms with Gasteiger partial charge in [-0.3, -0.25) is 4.98 Å². The van der Waals surface area contributed by atoms with Crippen molar-refractivity contribution in [3.05, 3.63) is 35.9 Å². The van der Waals surface area contributed by atoms with Gasteiger partial charge in [0, 0.05) is 11.9 Å². The van der Waals surface area contributed by atoms with Crippen molar-refractivity contribution >= 4 is 0 Å². The number of hydrogen-bond acceptors (Lipinski definition) is 4. The first kappa shape index (κ1) is 8.83. The molecule has 0 radical (unpaired) electrons. The lowest BCUT2D eigenvalue weighted by Gasteiger charge is -1.99. The van der Waals surface area contributed by atoms with Crippen LogP contribution in [0.3, 0.4) is 0 Å². The highest BCUT2D eigenvalue weighted by Crippen LogP contribution is 2.06. The van der Waals surface area contributed by atoms with Crippen LogP contribution in [0, 0.1) is 6.92 Å². The molecule has 0 unspecified atom stereocenters. The molecule has 0 atom stereocenters. The standard InChI is InChI=1S/C9H10N4O/c1-7-4-9(2-3-10-7)13-5-8(6-14)11-12-13/h2-5,14H,6H2,1H3. The van der Waals surface area contributed by atoms with E-state index in [9.17, 15) is 0 Å². The zero-order chi connectivity index (χ0) is 9.97. The topological polar surface area (TPSA) is 63.8 Å². The van der Waals surface area contributed by atoms with Gasteiger partial charge >= 0.3 is 0 Å². The van der Waals surface area contributed by atoms with Crippen molar-refractivity contribution < 1.29 is 5.11 Å². The fourth-order valence-corrected chi connectivity index (χ4v) is 1.17. The van der Waals surface area contributed by atoms with Gasteiger partial charge in [0.25, 0.3) is 0 Å². The highest BCUT2D eigenvalue weighted by molar-refractivity contribution is 5.30. The van der Waals surface area contributed by atoms with E-state index in [0.29, 0.717) is 5.69 Å². The monoisotopic (exact) mass is 190 g/mol. The van der Waals surface area contributed by atoms with Gasteiger partial charge in [-0.25, -0.2) is 4.68 Å². The number of aromatic nitrogens is 4. The fourth-order valence-electron chi connectivity index (χ4n) is 1.17. The zero-order valence-electron chi connectivity index (χ0n) is 7.75. The van der Waals surface area contributed by atoms with Crippen LogP contribution in [-0.4, -0.2) is 25.1 Å². The molecule has 0 aliphatic carbocycles. The number of aryl methyl sites for hydroxylation is 1. The average molecular weight is 190 g/mol. The minimum absolute atomic E-state index is 0.0932. The van der Waals surface area contributed by atoms with Crippen LogP contribution in [0.1, 0.15) is 11.4 Å². The lowest BCUT2D eigenvalue weighted by Crippen LogP contribution is -1.95. The van der Waals surface area contributed by atoms with Crippen molar-refractivity contribution in [2.45, 2.75) is 13.5 Å². The molecule has 5 heteroatoms. The molecule has 0 saturated carbocycles. The third-order valence-electron chi connectivity index (χ3n) is 1.85. The Labute approximate surface area is 81.0 Å². The van der Waals surface area contributed by atoms with Crippen molar-refractivity contribution in [2.75, 3.05) is 0 Å². The predicted octanol–water partition coefficient (Wildman–Crippen LogP) is 0.463. The maximum atomic E-state index is 8.82. The van der Waals surface area contributed by atoms with Crippen LogP contribution in [0.2, 0.25) is 0 Å². The number of aliphatic hydroxyl groups is 1. The Hall–Kier alpha value is -1.75. The van der Waals surface area contributed by atoms with Gasteiger partial charge in [-0.1, -0.05) is 5.21 Å². The molecule has 2 aromatic heterocycles. The van der Waals surface area contributed by atoms with Crippen LogP contribution in [0.15, 0.2) is 24.5 Å². The smallest absolute Gasteiger partial charge is 0.109 e. The van der Waals surface area contributed by atoms with Gasteiger partial charge in [0.15, 0.2) is 0 Å². The summed E-state index contributed by atoms with van der Waals surface area (Å²) in [6.07, 6.45) is 3.40. The van der Waals surface area contributed by atoms with E-state index in [1.54, 1.807) is 17.1 Å². The van der Waals surface area contributed by atoms with Gasteiger partial charge in [0.2, 0.25) is 0 Å². The maximum Gasteiger partial charge on any atom is 0.109 e. The van der Waals surface area contributed by atoms with E-state index in [4.69, 9.17) is 5.11 Å². The maximum absolute atomic E-state index is 8.82. The van der Waals surface area contributed by atoms with Crippen LogP contribution >= 0.6 is 0 Å². The molecule has 1 N–H and O–H groups in total. The van der Waals surface area contributed by atoms with Gasteiger partial charge in [-0.2, -0.15) is 0 Å². The lowest BCUT2D eigenvalue weighted by atomic mass is 10.3. The zero-order valence-corrected chi connectivity index (χ0v) is 7.75. The molecule has 0 amide bonds. The third kappa shape index (κ3) is 1.62. The summed E-state index contributed by atoms with van der Waals surface area (Å²) in [5.41, 5.74) is 2.37. The SMILES string of the molecule is Cc1cc(-n2cc(CO)nn2)ccn1. The first-order valence-electron chi connectivity index (χ1n) is 4.25. The normalized spacial score (nSPS) is 10.4. The molecule has 5 nitrogen and oxygen atoms in total. The molecule has 0 spiro atoms. The number of pyridine rings is 1. The Bertz CT molecular complexity index is 438. The molecule has 0 fully saturated rings. The highest BCUT2D eigenvalue weighted by Gasteiger charge is 2.01. The van der Waals surface area contributed by atoms with Crippen molar-refractivity contribution in [1.29, 1.82) is 0 Å². The molecular formula is C9H10N4O. The molecule has 2 aromatic rings. The summed E-state index contributed by atoms with van der Waals surface area (Å²) in [5, 5.41) is 16.5. The summed E-state index contributed by atoms with van der Waals surface area (Å²) in [6.45, 7) is 1.82. The highest BCUT2D eigenvalue weighted by atomic mass is 16.3. The van der Waals surface area contributed by atoms with Crippen LogP contribution < -0.4 is 0 Å². The van der Waals surface area contributed by atoms with Gasteiger partial charge < -0.3 is 5.11 Å². The van der Waals surface area contributed by atoms with Crippen molar-refractivity contribution in [3.8, 4) is 5.69 Å². The van der Waals surface area contributed by atoms with E-state index in [-0.39, 0.29) is 6.61 Å². The largest absolute Gasteiger partial charge is 0.390 e. The summed E-state index contributed by atoms with van der Waals surface area (Å²) in [6, 6.07) is 3.73. The van der Waals surface area contributed by atoms with Crippen LogP contribution in [-0.2, 0) is 6.61 Å². The molecule has 0 bridgehead atoms. The van der Waals surface area contributed by atoms with Crippen molar-refractivity contribution in [1.82, 2.24) is 20.0 Å². The quantitative estimate of drug-likeness (QED) is 0.747. The molecule has 0 aromatic carbocycles. The fraction of sp³-hybridized carbons (Fsp3) is 0.222. The van der Waals surface area contributed by atoms with Gasteiger partial charge in [0.05, 0.1) is 18.5 Å². The third-order valence-corrected chi connectivity index (χ3v) is 1.85. The van der Waals surface area contributed by atoms with Crippen LogP contribution in [0.25, 0.3) is 5.69 Å². The average Bonchev–Trinajstić information content (AvgIpc) is 2.66. The summed E-state index contributed by atoms with van der Waals surface area (Å²) >= 11 is 0. The lowest BCUT2D eigenvalue weighted by molar-refractivity contribution is 0.276. The second-order valence-electron chi connectivity index (χ2n) is 2.97. The first-order chi connectivity index (χ1) is 6.79. The van der Waals surface area contributed by atoms with E-state index in [2.05, 4.69) is 15.3 Å². The Morgan fingerprint density at radius 3 is 3.00 bits per heavy atom. The number of hydrogen-bond donors (Lipinski definition) is 1. The summed E-state index contributed by atoms with van der Waals surface area (Å²) in [5.74, 6) is 0. The minimum Gasteiger partial charge on any atom is -0.390 e. The van der Waals surface area contributed by atoms with E-state index in [1.165, 1.54) is 0 Å². The van der Waals surface area contributed by atoms with Gasteiger partial charge in [0.1, 0.15) is 5.69 Å². The Morgan fingerprint density at radius 1 is 1.50 bits per heavy atom. The number of rotatable bonds is 2. The molecule has 72 valence electrons. The predicted molar refractivity (Wildman–Crippen MR) is 49.8 cm³/mol. The van der Waals surface area contributed by atoms with Crippen LogP contribution in [0.5, 0.6) is 0 Å². The Morgan fingerprint density at radius 2 is 2.36 bits per heavy atom. The molecule has 2 rings (SSSR count). The van der Waals surface area contributed by atoms with E-state index in [1.807, 2.05) is 19.1 Å². The molecule has 14 heavy (non-hydrogen) atoms. The van der Waals surface area contributed by atoms with Crippen molar-refractivity contribution in [3.63, 3.8) is 0 Å². The second-order valence-corrected chi connectivity index (χ2v) is 2.97. The summed E-state index contributed by atoms with van der Waals surface area (Å²) < 4.78 is 1.61. The molecule has 0 aliphatic rings. The molecular weight excluding hydrogens is 180 g/mol. The van der Waals surface area contributed by atoms with Gasteiger partial charge in [-0.15, -0.1) is 5.10 Å². The minimum atomic E-state index is -0.0932. The van der Waals surface area contributed by atoms with Crippen molar-refractivity contribution in [2.24, 2.45) is 0 Å². The molecule has 2 heterocycles. The first-order valence-corrected chi connectivity index (χ1v) is 4.25. The number of aliphatic hydroxyl groups excluding tert-OH is 1. The van der Waals surface area contributed by atoms with E-state index in [0.717, 1.165) is 11.4 Å². The van der Waals surface area contributed by atoms with E-state index >= 15 is 0 Å². The van der Waals surface area contributed by atoms with Crippen LogP contribution in [0.4, 0.5) is 0 Å². The van der Waals surface area contributed by atoms with E-state index < -0.39 is 0 Å². The number of nitrogens with zero attached hydrogens (tertiary/aromatic N) is 4.